The summed E-state index contributed by atoms with van der Waals surface area (Å²) in [4.78, 5) is 12.9. The van der Waals surface area contributed by atoms with E-state index in [2.05, 4.69) is 0 Å². The molecule has 1 N–H and O–H groups in total. The predicted molar refractivity (Wildman–Crippen MR) is 76.7 cm³/mol. The van der Waals surface area contributed by atoms with Gasteiger partial charge in [0.2, 0.25) is 0 Å². The molecule has 0 amide bonds. The van der Waals surface area contributed by atoms with Crippen LogP contribution in [0.4, 0.5) is 5.69 Å². The van der Waals surface area contributed by atoms with E-state index in [0.717, 1.165) is 18.0 Å². The first kappa shape index (κ1) is 13.6. The highest BCUT2D eigenvalue weighted by Gasteiger charge is 2.20. The Morgan fingerprint density at radius 2 is 2.39 bits per heavy atom. The summed E-state index contributed by atoms with van der Waals surface area (Å²) in [5, 5.41) is 9.65. The van der Waals surface area contributed by atoms with Crippen molar-refractivity contribution in [1.82, 2.24) is 0 Å². The molecule has 1 aromatic carbocycles. The number of nitrogens with zero attached hydrogens (tertiary/aromatic N) is 1. The van der Waals surface area contributed by atoms with E-state index in [-0.39, 0.29) is 6.54 Å². The second-order valence-electron chi connectivity index (χ2n) is 4.48. The number of benzene rings is 1. The fourth-order valence-electron chi connectivity index (χ4n) is 2.14. The fourth-order valence-corrected chi connectivity index (χ4v) is 3.59. The van der Waals surface area contributed by atoms with E-state index in [9.17, 15) is 4.79 Å². The van der Waals surface area contributed by atoms with Crippen LogP contribution in [-0.4, -0.2) is 35.7 Å². The summed E-state index contributed by atoms with van der Waals surface area (Å²) in [5.74, 6) is 2.08. The zero-order chi connectivity index (χ0) is 13.0. The van der Waals surface area contributed by atoms with Gasteiger partial charge in [-0.1, -0.05) is 17.7 Å². The number of thioether (sulfide) groups is 1. The molecule has 1 saturated heterocycles. The van der Waals surface area contributed by atoms with Crippen LogP contribution in [0.2, 0.25) is 5.02 Å². The van der Waals surface area contributed by atoms with Crippen LogP contribution in [0.25, 0.3) is 0 Å². The van der Waals surface area contributed by atoms with Crippen LogP contribution in [0.3, 0.4) is 0 Å². The molecule has 1 fully saturated rings. The summed E-state index contributed by atoms with van der Waals surface area (Å²) in [6, 6.07) is 7.40. The quantitative estimate of drug-likeness (QED) is 0.903. The van der Waals surface area contributed by atoms with Crippen LogP contribution in [0.5, 0.6) is 0 Å². The van der Waals surface area contributed by atoms with Gasteiger partial charge in [-0.15, -0.1) is 0 Å². The summed E-state index contributed by atoms with van der Waals surface area (Å²) in [6.45, 7) is 0.821. The van der Waals surface area contributed by atoms with E-state index in [0.29, 0.717) is 10.9 Å². The maximum Gasteiger partial charge on any atom is 0.323 e. The maximum absolute atomic E-state index is 11.0. The van der Waals surface area contributed by atoms with Crippen LogP contribution in [-0.2, 0) is 4.79 Å². The topological polar surface area (TPSA) is 40.5 Å². The van der Waals surface area contributed by atoms with Crippen LogP contribution < -0.4 is 4.90 Å². The highest BCUT2D eigenvalue weighted by Crippen LogP contribution is 2.27. The Labute approximate surface area is 116 Å². The number of hydrogen-bond donors (Lipinski definition) is 1. The first-order valence-corrected chi connectivity index (χ1v) is 7.48. The molecule has 98 valence electrons. The van der Waals surface area contributed by atoms with Gasteiger partial charge in [0.05, 0.1) is 0 Å². The number of hydrogen-bond acceptors (Lipinski definition) is 3. The largest absolute Gasteiger partial charge is 0.480 e. The smallest absolute Gasteiger partial charge is 0.323 e. The summed E-state index contributed by atoms with van der Waals surface area (Å²) >= 11 is 7.91. The minimum atomic E-state index is -0.805. The fraction of sp³-hybridized carbons (Fsp3) is 0.462. The zero-order valence-corrected chi connectivity index (χ0v) is 11.6. The van der Waals surface area contributed by atoms with Gasteiger partial charge in [0.1, 0.15) is 6.54 Å². The van der Waals surface area contributed by atoms with E-state index < -0.39 is 5.97 Å². The second kappa shape index (κ2) is 6.34. The number of anilines is 1. The Morgan fingerprint density at radius 3 is 3.00 bits per heavy atom. The van der Waals surface area contributed by atoms with Crippen molar-refractivity contribution in [2.75, 3.05) is 29.5 Å². The number of carboxylic acid groups (broad SMARTS) is 1. The molecule has 18 heavy (non-hydrogen) atoms. The number of rotatable bonds is 5. The standard InChI is InChI=1S/C13H16ClNO2S/c14-11-2-1-3-12(6-11)15(8-13(16)17)7-10-4-5-18-9-10/h1-3,6,10H,4-5,7-9H2,(H,16,17). The second-order valence-corrected chi connectivity index (χ2v) is 6.07. The van der Waals surface area contributed by atoms with Crippen molar-refractivity contribution in [3.8, 4) is 0 Å². The van der Waals surface area contributed by atoms with Crippen molar-refractivity contribution in [1.29, 1.82) is 0 Å². The van der Waals surface area contributed by atoms with Crippen molar-refractivity contribution in [2.45, 2.75) is 6.42 Å². The predicted octanol–water partition coefficient (Wildman–Crippen LogP) is 2.98. The minimum absolute atomic E-state index is 0.0293. The lowest BCUT2D eigenvalue weighted by molar-refractivity contribution is -0.135. The van der Waals surface area contributed by atoms with E-state index in [4.69, 9.17) is 16.7 Å². The third-order valence-electron chi connectivity index (χ3n) is 3.00. The summed E-state index contributed by atoms with van der Waals surface area (Å²) in [5.41, 5.74) is 0.891. The Kier molecular flexibility index (Phi) is 4.78. The molecule has 0 bridgehead atoms. The molecule has 5 heteroatoms. The lowest BCUT2D eigenvalue weighted by Gasteiger charge is -2.26. The monoisotopic (exact) mass is 285 g/mol. The van der Waals surface area contributed by atoms with Crippen molar-refractivity contribution in [3.63, 3.8) is 0 Å². The molecule has 1 aliphatic rings. The van der Waals surface area contributed by atoms with Gasteiger partial charge in [-0.05, 0) is 42.0 Å². The third-order valence-corrected chi connectivity index (χ3v) is 4.47. The van der Waals surface area contributed by atoms with Crippen molar-refractivity contribution in [3.05, 3.63) is 29.3 Å². The van der Waals surface area contributed by atoms with Crippen LogP contribution >= 0.6 is 23.4 Å². The number of aliphatic carboxylic acids is 1. The summed E-state index contributed by atoms with van der Waals surface area (Å²) in [7, 11) is 0. The van der Waals surface area contributed by atoms with Gasteiger partial charge in [-0.2, -0.15) is 11.8 Å². The lowest BCUT2D eigenvalue weighted by Crippen LogP contribution is -2.34. The molecule has 0 radical (unpaired) electrons. The van der Waals surface area contributed by atoms with Crippen LogP contribution in [0.15, 0.2) is 24.3 Å². The summed E-state index contributed by atoms with van der Waals surface area (Å²) < 4.78 is 0. The molecule has 2 rings (SSSR count). The minimum Gasteiger partial charge on any atom is -0.480 e. The highest BCUT2D eigenvalue weighted by atomic mass is 35.5. The Balaban J connectivity index is 2.10. The molecule has 0 aliphatic carbocycles. The molecule has 1 unspecified atom stereocenters. The molecular weight excluding hydrogens is 270 g/mol. The van der Waals surface area contributed by atoms with E-state index in [1.165, 1.54) is 12.2 Å². The first-order valence-electron chi connectivity index (χ1n) is 5.95. The third kappa shape index (κ3) is 3.82. The van der Waals surface area contributed by atoms with Gasteiger partial charge in [0.25, 0.3) is 0 Å². The SMILES string of the molecule is O=C(O)CN(CC1CCSC1)c1cccc(Cl)c1. The van der Waals surface area contributed by atoms with Gasteiger partial charge in [-0.25, -0.2) is 0 Å². The first-order chi connectivity index (χ1) is 8.65. The molecule has 1 atom stereocenters. The average molecular weight is 286 g/mol. The number of carboxylic acids is 1. The van der Waals surface area contributed by atoms with E-state index in [1.54, 1.807) is 6.07 Å². The number of carbonyl (C=O) groups is 1. The van der Waals surface area contributed by atoms with E-state index >= 15 is 0 Å². The Hall–Kier alpha value is -0.870. The zero-order valence-electron chi connectivity index (χ0n) is 10.0. The molecule has 0 saturated carbocycles. The van der Waals surface area contributed by atoms with Crippen molar-refractivity contribution < 1.29 is 9.90 Å². The molecule has 3 nitrogen and oxygen atoms in total. The molecule has 1 aliphatic heterocycles. The van der Waals surface area contributed by atoms with Gasteiger partial charge < -0.3 is 10.0 Å². The molecule has 1 heterocycles. The van der Waals surface area contributed by atoms with E-state index in [1.807, 2.05) is 34.9 Å². The van der Waals surface area contributed by atoms with Gasteiger partial charge in [0.15, 0.2) is 0 Å². The van der Waals surface area contributed by atoms with Crippen LogP contribution in [0, 0.1) is 5.92 Å². The van der Waals surface area contributed by atoms with Gasteiger partial charge >= 0.3 is 5.97 Å². The molecule has 0 spiro atoms. The molecular formula is C13H16ClNO2S. The molecule has 1 aromatic rings. The van der Waals surface area contributed by atoms with Crippen molar-refractivity contribution in [2.24, 2.45) is 5.92 Å². The maximum atomic E-state index is 11.0. The van der Waals surface area contributed by atoms with Gasteiger partial charge in [0, 0.05) is 17.3 Å². The Bertz CT molecular complexity index is 421. The number of halogens is 1. The normalized spacial score (nSPS) is 18.8. The summed E-state index contributed by atoms with van der Waals surface area (Å²) in [6.07, 6.45) is 1.17. The van der Waals surface area contributed by atoms with Gasteiger partial charge in [-0.3, -0.25) is 4.79 Å². The Morgan fingerprint density at radius 1 is 1.56 bits per heavy atom. The van der Waals surface area contributed by atoms with Crippen molar-refractivity contribution >= 4 is 35.0 Å². The lowest BCUT2D eigenvalue weighted by atomic mass is 10.1. The molecule has 0 aromatic heterocycles. The average Bonchev–Trinajstić information content (AvgIpc) is 2.80. The van der Waals surface area contributed by atoms with Crippen LogP contribution in [0.1, 0.15) is 6.42 Å². The highest BCUT2D eigenvalue weighted by molar-refractivity contribution is 7.99.